The first-order valence-electron chi connectivity index (χ1n) is 5.54. The fourth-order valence-electron chi connectivity index (χ4n) is 2.37. The molecule has 0 amide bonds. The zero-order valence-corrected chi connectivity index (χ0v) is 9.29. The van der Waals surface area contributed by atoms with Crippen LogP contribution in [0.5, 0.6) is 0 Å². The van der Waals surface area contributed by atoms with Gasteiger partial charge in [-0.2, -0.15) is 5.26 Å². The normalized spacial score (nSPS) is 27.6. The largest absolute Gasteiger partial charge is 0.315 e. The average molecular weight is 195 g/mol. The van der Waals surface area contributed by atoms with Crippen LogP contribution in [-0.2, 0) is 0 Å². The molecule has 1 aliphatic carbocycles. The minimum atomic E-state index is 0.618. The maximum Gasteiger partial charge on any atom is 0.0635 e. The molecule has 80 valence electrons. The number of likely N-dealkylation sites (N-methyl/N-ethyl adjacent to an activating group) is 2. The SMILES string of the molecule is CN[C@H]1CCCC[C@@H]1N(C)CCC#N. The van der Waals surface area contributed by atoms with Crippen LogP contribution in [0.2, 0.25) is 0 Å². The fraction of sp³-hybridized carbons (Fsp3) is 0.909. The van der Waals surface area contributed by atoms with E-state index in [-0.39, 0.29) is 0 Å². The predicted molar refractivity (Wildman–Crippen MR) is 58.0 cm³/mol. The van der Waals surface area contributed by atoms with Crippen molar-refractivity contribution in [3.63, 3.8) is 0 Å². The van der Waals surface area contributed by atoms with Crippen LogP contribution in [0, 0.1) is 11.3 Å². The van der Waals surface area contributed by atoms with Crippen LogP contribution in [-0.4, -0.2) is 37.6 Å². The highest BCUT2D eigenvalue weighted by Crippen LogP contribution is 2.22. The molecule has 0 aliphatic heterocycles. The summed E-state index contributed by atoms with van der Waals surface area (Å²) in [7, 11) is 4.18. The van der Waals surface area contributed by atoms with Crippen LogP contribution in [0.25, 0.3) is 0 Å². The molecular formula is C11H21N3. The molecule has 0 unspecified atom stereocenters. The molecule has 0 aromatic rings. The summed E-state index contributed by atoms with van der Waals surface area (Å²) in [5.41, 5.74) is 0. The van der Waals surface area contributed by atoms with Crippen molar-refractivity contribution in [3.05, 3.63) is 0 Å². The van der Waals surface area contributed by atoms with Crippen molar-refractivity contribution in [2.75, 3.05) is 20.6 Å². The van der Waals surface area contributed by atoms with Gasteiger partial charge in [0.15, 0.2) is 0 Å². The van der Waals surface area contributed by atoms with Crippen LogP contribution >= 0.6 is 0 Å². The van der Waals surface area contributed by atoms with Gasteiger partial charge in [-0.15, -0.1) is 0 Å². The Bertz CT molecular complexity index is 197. The van der Waals surface area contributed by atoms with E-state index in [9.17, 15) is 0 Å². The highest BCUT2D eigenvalue weighted by molar-refractivity contribution is 4.87. The molecule has 1 N–H and O–H groups in total. The Balaban J connectivity index is 2.42. The summed E-state index contributed by atoms with van der Waals surface area (Å²) in [4.78, 5) is 2.34. The zero-order valence-electron chi connectivity index (χ0n) is 9.29. The third-order valence-corrected chi connectivity index (χ3v) is 3.24. The summed E-state index contributed by atoms with van der Waals surface area (Å²) in [5.74, 6) is 0. The second kappa shape index (κ2) is 6.00. The Kier molecular flexibility index (Phi) is 4.92. The fourth-order valence-corrected chi connectivity index (χ4v) is 2.37. The summed E-state index contributed by atoms with van der Waals surface area (Å²) in [6, 6.07) is 3.45. The van der Waals surface area contributed by atoms with E-state index in [0.717, 1.165) is 6.54 Å². The Morgan fingerprint density at radius 1 is 1.43 bits per heavy atom. The van der Waals surface area contributed by atoms with E-state index in [4.69, 9.17) is 5.26 Å². The molecule has 1 aliphatic rings. The van der Waals surface area contributed by atoms with Gasteiger partial charge in [0.25, 0.3) is 0 Å². The molecule has 0 radical (unpaired) electrons. The molecule has 1 saturated carbocycles. The number of hydrogen-bond acceptors (Lipinski definition) is 3. The molecule has 0 heterocycles. The van der Waals surface area contributed by atoms with Crippen molar-refractivity contribution in [1.82, 2.24) is 10.2 Å². The summed E-state index contributed by atoms with van der Waals surface area (Å²) >= 11 is 0. The number of nitriles is 1. The number of nitrogens with zero attached hydrogens (tertiary/aromatic N) is 2. The molecule has 0 aromatic carbocycles. The minimum absolute atomic E-state index is 0.618. The molecule has 0 saturated heterocycles. The lowest BCUT2D eigenvalue weighted by Crippen LogP contribution is -2.49. The van der Waals surface area contributed by atoms with Gasteiger partial charge in [-0.25, -0.2) is 0 Å². The van der Waals surface area contributed by atoms with Gasteiger partial charge >= 0.3 is 0 Å². The number of nitrogens with one attached hydrogen (secondary N) is 1. The van der Waals surface area contributed by atoms with Gasteiger partial charge in [-0.3, -0.25) is 0 Å². The van der Waals surface area contributed by atoms with Crippen molar-refractivity contribution in [2.24, 2.45) is 0 Å². The molecule has 1 fully saturated rings. The van der Waals surface area contributed by atoms with Crippen LogP contribution < -0.4 is 5.32 Å². The lowest BCUT2D eigenvalue weighted by molar-refractivity contribution is 0.156. The second-order valence-electron chi connectivity index (χ2n) is 4.14. The third-order valence-electron chi connectivity index (χ3n) is 3.24. The van der Waals surface area contributed by atoms with Crippen molar-refractivity contribution >= 4 is 0 Å². The molecule has 0 aromatic heterocycles. The first-order valence-corrected chi connectivity index (χ1v) is 5.54. The topological polar surface area (TPSA) is 39.1 Å². The quantitative estimate of drug-likeness (QED) is 0.736. The van der Waals surface area contributed by atoms with Crippen molar-refractivity contribution < 1.29 is 0 Å². The lowest BCUT2D eigenvalue weighted by atomic mass is 9.89. The predicted octanol–water partition coefficient (Wildman–Crippen LogP) is 1.36. The summed E-state index contributed by atoms with van der Waals surface area (Å²) in [6.07, 6.45) is 5.86. The van der Waals surface area contributed by atoms with Crippen molar-refractivity contribution in [3.8, 4) is 6.07 Å². The molecule has 14 heavy (non-hydrogen) atoms. The Labute approximate surface area is 87.1 Å². The summed E-state index contributed by atoms with van der Waals surface area (Å²) in [6.45, 7) is 0.902. The highest BCUT2D eigenvalue weighted by atomic mass is 15.2. The average Bonchev–Trinajstić information content (AvgIpc) is 2.25. The van der Waals surface area contributed by atoms with Crippen molar-refractivity contribution in [1.29, 1.82) is 5.26 Å². The molecule has 3 nitrogen and oxygen atoms in total. The van der Waals surface area contributed by atoms with E-state index in [1.54, 1.807) is 0 Å². The second-order valence-corrected chi connectivity index (χ2v) is 4.14. The monoisotopic (exact) mass is 195 g/mol. The van der Waals surface area contributed by atoms with E-state index < -0.39 is 0 Å². The van der Waals surface area contributed by atoms with E-state index >= 15 is 0 Å². The maximum atomic E-state index is 8.54. The van der Waals surface area contributed by atoms with E-state index in [2.05, 4.69) is 23.3 Å². The highest BCUT2D eigenvalue weighted by Gasteiger charge is 2.26. The minimum Gasteiger partial charge on any atom is -0.315 e. The van der Waals surface area contributed by atoms with Crippen molar-refractivity contribution in [2.45, 2.75) is 44.2 Å². The first-order chi connectivity index (χ1) is 6.79. The van der Waals surface area contributed by atoms with Crippen LogP contribution in [0.1, 0.15) is 32.1 Å². The molecule has 0 spiro atoms. The Morgan fingerprint density at radius 3 is 2.79 bits per heavy atom. The van der Waals surface area contributed by atoms with E-state index in [1.165, 1.54) is 25.7 Å². The summed E-state index contributed by atoms with van der Waals surface area (Å²) in [5, 5.41) is 11.9. The van der Waals surface area contributed by atoms with Gasteiger partial charge < -0.3 is 10.2 Å². The van der Waals surface area contributed by atoms with Gasteiger partial charge in [0.2, 0.25) is 0 Å². The van der Waals surface area contributed by atoms with E-state index in [0.29, 0.717) is 18.5 Å². The lowest BCUT2D eigenvalue weighted by Gasteiger charge is -2.37. The molecule has 3 heteroatoms. The van der Waals surface area contributed by atoms with Gasteiger partial charge in [0.1, 0.15) is 0 Å². The summed E-state index contributed by atoms with van der Waals surface area (Å²) < 4.78 is 0. The molecule has 2 atom stereocenters. The number of hydrogen-bond donors (Lipinski definition) is 1. The molecule has 1 rings (SSSR count). The van der Waals surface area contributed by atoms with Gasteiger partial charge in [-0.05, 0) is 26.9 Å². The van der Waals surface area contributed by atoms with Gasteiger partial charge in [0, 0.05) is 25.0 Å². The Hall–Kier alpha value is -0.590. The van der Waals surface area contributed by atoms with Crippen LogP contribution in [0.4, 0.5) is 0 Å². The van der Waals surface area contributed by atoms with Gasteiger partial charge in [-0.1, -0.05) is 12.8 Å². The number of rotatable bonds is 4. The third kappa shape index (κ3) is 2.97. The van der Waals surface area contributed by atoms with E-state index in [1.807, 2.05) is 7.05 Å². The zero-order chi connectivity index (χ0) is 10.4. The van der Waals surface area contributed by atoms with Gasteiger partial charge in [0.05, 0.1) is 6.07 Å². The van der Waals surface area contributed by atoms with Crippen LogP contribution in [0.15, 0.2) is 0 Å². The maximum absolute atomic E-state index is 8.54. The molecular weight excluding hydrogens is 174 g/mol. The first kappa shape index (κ1) is 11.5. The molecule has 0 bridgehead atoms. The van der Waals surface area contributed by atoms with Crippen LogP contribution in [0.3, 0.4) is 0 Å². The smallest absolute Gasteiger partial charge is 0.0635 e. The standard InChI is InChI=1S/C11H21N3/c1-13-10-6-3-4-7-11(10)14(2)9-5-8-12/h10-11,13H,3-7,9H2,1-2H3/t10-,11-/m0/s1. The Morgan fingerprint density at radius 2 is 2.14 bits per heavy atom.